The highest BCUT2D eigenvalue weighted by atomic mass is 16.4. The lowest BCUT2D eigenvalue weighted by Gasteiger charge is -2.42. The minimum absolute atomic E-state index is 0.00844. The Morgan fingerprint density at radius 3 is 2.68 bits per heavy atom. The van der Waals surface area contributed by atoms with Gasteiger partial charge in [-0.3, -0.25) is 9.36 Å². The maximum atomic E-state index is 13.1. The Labute approximate surface area is 219 Å². The number of hydrogen-bond acceptors (Lipinski definition) is 7. The van der Waals surface area contributed by atoms with Crippen LogP contribution in [0.2, 0.25) is 0 Å². The van der Waals surface area contributed by atoms with Crippen molar-refractivity contribution in [1.29, 1.82) is 5.26 Å². The summed E-state index contributed by atoms with van der Waals surface area (Å²) in [7, 11) is 1.92. The number of carboxylic acid groups (broad SMARTS) is 1. The van der Waals surface area contributed by atoms with Crippen LogP contribution in [0.5, 0.6) is 0 Å². The van der Waals surface area contributed by atoms with E-state index in [0.29, 0.717) is 54.5 Å². The molecule has 2 aromatic heterocycles. The molecule has 3 N–H and O–H groups in total. The molecule has 3 amide bonds. The maximum Gasteiger partial charge on any atom is 0.404 e. The Kier molecular flexibility index (Phi) is 8.06. The minimum atomic E-state index is -1.06. The van der Waals surface area contributed by atoms with Gasteiger partial charge in [0.15, 0.2) is 5.65 Å². The number of rotatable bonds is 7. The van der Waals surface area contributed by atoms with Crippen molar-refractivity contribution in [3.8, 4) is 6.07 Å². The maximum absolute atomic E-state index is 13.1. The van der Waals surface area contributed by atoms with Gasteiger partial charge in [0, 0.05) is 38.6 Å². The van der Waals surface area contributed by atoms with Gasteiger partial charge in [0.1, 0.15) is 18.6 Å². The van der Waals surface area contributed by atoms with Crippen LogP contribution in [0.1, 0.15) is 25.3 Å². The van der Waals surface area contributed by atoms with Gasteiger partial charge in [0.05, 0.1) is 17.5 Å². The molecule has 38 heavy (non-hydrogen) atoms. The first kappa shape index (κ1) is 26.4. The van der Waals surface area contributed by atoms with Crippen LogP contribution in [0.3, 0.4) is 0 Å². The van der Waals surface area contributed by atoms with E-state index in [1.165, 1.54) is 10.9 Å². The lowest BCUT2D eigenvalue weighted by atomic mass is 9.92. The largest absolute Gasteiger partial charge is 0.465 e. The summed E-state index contributed by atoms with van der Waals surface area (Å²) in [6.07, 6.45) is 3.23. The van der Waals surface area contributed by atoms with Crippen molar-refractivity contribution in [2.24, 2.45) is 5.92 Å². The third-order valence-corrected chi connectivity index (χ3v) is 6.91. The summed E-state index contributed by atoms with van der Waals surface area (Å²) in [4.78, 5) is 48.6. The molecule has 0 saturated carbocycles. The second-order valence-electron chi connectivity index (χ2n) is 9.35. The Morgan fingerprint density at radius 1 is 1.21 bits per heavy atom. The van der Waals surface area contributed by atoms with Crippen molar-refractivity contribution in [3.05, 3.63) is 48.4 Å². The van der Waals surface area contributed by atoms with Crippen LogP contribution in [0.25, 0.3) is 11.0 Å². The van der Waals surface area contributed by atoms with Crippen molar-refractivity contribution in [2.45, 2.75) is 32.2 Å². The first-order chi connectivity index (χ1) is 18.3. The van der Waals surface area contributed by atoms with Crippen LogP contribution in [-0.4, -0.2) is 75.3 Å². The lowest BCUT2D eigenvalue weighted by Crippen LogP contribution is -2.52. The smallest absolute Gasteiger partial charge is 0.404 e. The van der Waals surface area contributed by atoms with E-state index in [0.717, 1.165) is 12.0 Å². The first-order valence-corrected chi connectivity index (χ1v) is 12.3. The molecule has 3 aromatic rings. The second kappa shape index (κ2) is 11.6. The molecular formula is C26H30N8O4. The molecule has 0 aliphatic carbocycles. The molecule has 0 spiro atoms. The number of benzene rings is 1. The summed E-state index contributed by atoms with van der Waals surface area (Å²) in [5.41, 5.74) is 1.99. The first-order valence-electron chi connectivity index (χ1n) is 12.3. The van der Waals surface area contributed by atoms with Gasteiger partial charge in [0.2, 0.25) is 5.91 Å². The van der Waals surface area contributed by atoms with Crippen molar-refractivity contribution in [3.63, 3.8) is 0 Å². The molecule has 3 heterocycles. The summed E-state index contributed by atoms with van der Waals surface area (Å²) in [6, 6.07) is 10.5. The van der Waals surface area contributed by atoms with Crippen LogP contribution in [0, 0.1) is 17.2 Å². The predicted octanol–water partition coefficient (Wildman–Crippen LogP) is 2.91. The summed E-state index contributed by atoms with van der Waals surface area (Å²) in [5, 5.41) is 23.5. The van der Waals surface area contributed by atoms with E-state index in [1.807, 2.05) is 30.1 Å². The molecule has 1 saturated heterocycles. The van der Waals surface area contributed by atoms with Crippen molar-refractivity contribution < 1.29 is 19.5 Å². The highest BCUT2D eigenvalue weighted by Gasteiger charge is 2.32. The highest BCUT2D eigenvalue weighted by Crippen LogP contribution is 2.29. The summed E-state index contributed by atoms with van der Waals surface area (Å²) < 4.78 is 1.42. The number of nitrogens with zero attached hydrogens (tertiary/aromatic N) is 6. The molecule has 1 fully saturated rings. The van der Waals surface area contributed by atoms with Gasteiger partial charge in [-0.2, -0.15) is 5.26 Å². The Morgan fingerprint density at radius 2 is 1.97 bits per heavy atom. The van der Waals surface area contributed by atoms with Crippen LogP contribution < -0.4 is 15.5 Å². The number of nitrogens with one attached hydrogen (secondary N) is 2. The van der Waals surface area contributed by atoms with E-state index in [4.69, 9.17) is 10.4 Å². The zero-order valence-electron chi connectivity index (χ0n) is 21.3. The average Bonchev–Trinajstić information content (AvgIpc) is 3.34. The topological polar surface area (TPSA) is 156 Å². The van der Waals surface area contributed by atoms with E-state index >= 15 is 0 Å². The van der Waals surface area contributed by atoms with Crippen LogP contribution >= 0.6 is 0 Å². The third-order valence-electron chi connectivity index (χ3n) is 6.91. The quantitative estimate of drug-likeness (QED) is 0.431. The van der Waals surface area contributed by atoms with E-state index < -0.39 is 6.09 Å². The normalized spacial score (nSPS) is 17.0. The summed E-state index contributed by atoms with van der Waals surface area (Å²) in [6.45, 7) is 3.56. The molecule has 1 aliphatic heterocycles. The van der Waals surface area contributed by atoms with Crippen molar-refractivity contribution in [1.82, 2.24) is 24.8 Å². The molecular weight excluding hydrogens is 488 g/mol. The predicted molar refractivity (Wildman–Crippen MR) is 141 cm³/mol. The van der Waals surface area contributed by atoms with Gasteiger partial charge in [-0.15, -0.1) is 0 Å². The van der Waals surface area contributed by atoms with Crippen LogP contribution in [-0.2, 0) is 11.2 Å². The monoisotopic (exact) mass is 518 g/mol. The van der Waals surface area contributed by atoms with Crippen molar-refractivity contribution >= 4 is 40.6 Å². The van der Waals surface area contributed by atoms with E-state index in [1.54, 1.807) is 29.3 Å². The number of likely N-dealkylation sites (tertiary alicyclic amines) is 1. The number of amides is 3. The number of fused-ring (bicyclic) bond motifs is 1. The number of carbonyl (C=O) groups is 3. The molecule has 0 bridgehead atoms. The number of carbonyl (C=O) groups excluding carboxylic acids is 2. The fraction of sp³-hybridized carbons (Fsp3) is 0.385. The highest BCUT2D eigenvalue weighted by molar-refractivity contribution is 5.99. The van der Waals surface area contributed by atoms with Crippen molar-refractivity contribution in [2.75, 3.05) is 36.9 Å². The minimum Gasteiger partial charge on any atom is -0.465 e. The van der Waals surface area contributed by atoms with Gasteiger partial charge in [-0.1, -0.05) is 19.1 Å². The van der Waals surface area contributed by atoms with Crippen LogP contribution in [0.4, 0.5) is 21.1 Å². The molecule has 0 radical (unpaired) electrons. The van der Waals surface area contributed by atoms with E-state index in [2.05, 4.69) is 27.5 Å². The molecule has 12 nitrogen and oxygen atoms in total. The summed E-state index contributed by atoms with van der Waals surface area (Å²) >= 11 is 0. The molecule has 2 atom stereocenters. The zero-order chi connectivity index (χ0) is 27.2. The van der Waals surface area contributed by atoms with Gasteiger partial charge in [-0.25, -0.2) is 19.6 Å². The number of aromatic nitrogens is 3. The van der Waals surface area contributed by atoms with E-state index in [9.17, 15) is 14.4 Å². The molecule has 12 heteroatoms. The number of nitriles is 1. The van der Waals surface area contributed by atoms with Gasteiger partial charge in [0.25, 0.3) is 0 Å². The Bertz CT molecular complexity index is 1360. The average molecular weight is 519 g/mol. The third kappa shape index (κ3) is 5.83. The summed E-state index contributed by atoms with van der Waals surface area (Å²) in [5.74, 6) is 0.787. The number of anilines is 2. The van der Waals surface area contributed by atoms with E-state index in [-0.39, 0.29) is 24.4 Å². The van der Waals surface area contributed by atoms with Gasteiger partial charge >= 0.3 is 12.1 Å². The molecule has 1 aromatic carbocycles. The second-order valence-corrected chi connectivity index (χ2v) is 9.35. The molecule has 0 unspecified atom stereocenters. The molecule has 198 valence electrons. The molecule has 4 rings (SSSR count). The standard InChI is InChI=1S/C26H30N8O4/c1-17-9-13-33(22(35)7-11-27)15-21(17)32(2)23-20-10-14-34(24(20)30-16-29-23)25(36)31-19-5-3-18(4-6-19)8-12-28-26(37)38/h3-6,10,14,16-17,21,28H,7-9,12-13,15H2,1-2H3,(H,31,36)(H,37,38)/t17-,21+/m1/s1. The lowest BCUT2D eigenvalue weighted by molar-refractivity contribution is -0.131. The van der Waals surface area contributed by atoms with Gasteiger partial charge in [-0.05, 0) is 42.5 Å². The SMILES string of the molecule is C[C@@H]1CCN(C(=O)CC#N)C[C@@H]1N(C)c1ncnc2c1ccn2C(=O)Nc1ccc(CCNC(=O)O)cc1. The van der Waals surface area contributed by atoms with Gasteiger partial charge < -0.3 is 25.5 Å². The zero-order valence-corrected chi connectivity index (χ0v) is 21.3. The Hall–Kier alpha value is -4.66. The number of piperidine rings is 1. The fourth-order valence-electron chi connectivity index (χ4n) is 4.75. The Balaban J connectivity index is 1.49. The fourth-order valence-corrected chi connectivity index (χ4v) is 4.75. The molecule has 1 aliphatic rings. The number of hydrogen-bond donors (Lipinski definition) is 3. The number of likely N-dealkylation sites (N-methyl/N-ethyl adjacent to an activating group) is 1. The van der Waals surface area contributed by atoms with Crippen LogP contribution in [0.15, 0.2) is 42.9 Å².